The molecule has 4 heteroatoms. The molecule has 1 aliphatic carbocycles. The SMILES string of the molecule is CCSC1CCCC(NC(=O)C(C)N)C1. The molecule has 15 heavy (non-hydrogen) atoms. The summed E-state index contributed by atoms with van der Waals surface area (Å²) in [6.45, 7) is 3.92. The van der Waals surface area contributed by atoms with Crippen LogP contribution in [-0.2, 0) is 4.79 Å². The molecule has 0 aromatic rings. The van der Waals surface area contributed by atoms with Crippen molar-refractivity contribution in [1.29, 1.82) is 0 Å². The Labute approximate surface area is 96.6 Å². The third-order valence-electron chi connectivity index (χ3n) is 2.79. The van der Waals surface area contributed by atoms with Gasteiger partial charge in [0.2, 0.25) is 5.91 Å². The molecule has 0 aliphatic heterocycles. The van der Waals surface area contributed by atoms with Gasteiger partial charge in [-0.15, -0.1) is 0 Å². The maximum atomic E-state index is 11.4. The van der Waals surface area contributed by atoms with Crippen molar-refractivity contribution in [2.24, 2.45) is 5.73 Å². The summed E-state index contributed by atoms with van der Waals surface area (Å²) >= 11 is 2.01. The number of rotatable bonds is 4. The second-order valence-corrected chi connectivity index (χ2v) is 5.82. The molecule has 1 fully saturated rings. The van der Waals surface area contributed by atoms with E-state index in [1.54, 1.807) is 6.92 Å². The normalized spacial score (nSPS) is 28.5. The molecule has 0 radical (unpaired) electrons. The van der Waals surface area contributed by atoms with Gasteiger partial charge in [-0.2, -0.15) is 11.8 Å². The number of amides is 1. The van der Waals surface area contributed by atoms with Crippen LogP contribution in [0.5, 0.6) is 0 Å². The van der Waals surface area contributed by atoms with Crippen LogP contribution in [0.3, 0.4) is 0 Å². The molecule has 1 saturated carbocycles. The molecule has 0 heterocycles. The van der Waals surface area contributed by atoms with Gasteiger partial charge >= 0.3 is 0 Å². The standard InChI is InChI=1S/C11H22N2OS/c1-3-15-10-6-4-5-9(7-10)13-11(14)8(2)12/h8-10H,3-7,12H2,1-2H3,(H,13,14). The van der Waals surface area contributed by atoms with Gasteiger partial charge in [-0.05, 0) is 31.9 Å². The van der Waals surface area contributed by atoms with Gasteiger partial charge in [0.15, 0.2) is 0 Å². The molecular weight excluding hydrogens is 208 g/mol. The summed E-state index contributed by atoms with van der Waals surface area (Å²) < 4.78 is 0. The van der Waals surface area contributed by atoms with Crippen molar-refractivity contribution in [2.75, 3.05) is 5.75 Å². The minimum atomic E-state index is -0.385. The van der Waals surface area contributed by atoms with E-state index in [0.717, 1.165) is 18.1 Å². The van der Waals surface area contributed by atoms with Crippen molar-refractivity contribution in [3.63, 3.8) is 0 Å². The number of nitrogens with two attached hydrogens (primary N) is 1. The monoisotopic (exact) mass is 230 g/mol. The van der Waals surface area contributed by atoms with E-state index in [2.05, 4.69) is 12.2 Å². The van der Waals surface area contributed by atoms with E-state index in [1.807, 2.05) is 11.8 Å². The van der Waals surface area contributed by atoms with E-state index in [0.29, 0.717) is 6.04 Å². The van der Waals surface area contributed by atoms with Crippen LogP contribution >= 0.6 is 11.8 Å². The molecule has 88 valence electrons. The zero-order chi connectivity index (χ0) is 11.3. The van der Waals surface area contributed by atoms with Gasteiger partial charge in [0.05, 0.1) is 6.04 Å². The Balaban J connectivity index is 2.32. The van der Waals surface area contributed by atoms with Gasteiger partial charge in [0.25, 0.3) is 0 Å². The zero-order valence-electron chi connectivity index (χ0n) is 9.66. The lowest BCUT2D eigenvalue weighted by atomic mass is 9.95. The van der Waals surface area contributed by atoms with Crippen LogP contribution in [0.2, 0.25) is 0 Å². The first kappa shape index (κ1) is 12.8. The number of thioether (sulfide) groups is 1. The summed E-state index contributed by atoms with van der Waals surface area (Å²) in [4.78, 5) is 11.4. The molecule has 3 unspecified atom stereocenters. The summed E-state index contributed by atoms with van der Waals surface area (Å²) in [6, 6.07) is -0.0366. The van der Waals surface area contributed by atoms with Crippen molar-refractivity contribution < 1.29 is 4.79 Å². The van der Waals surface area contributed by atoms with Crippen LogP contribution in [0.25, 0.3) is 0 Å². The van der Waals surface area contributed by atoms with Crippen molar-refractivity contribution in [3.05, 3.63) is 0 Å². The molecule has 0 saturated heterocycles. The van der Waals surface area contributed by atoms with Crippen LogP contribution in [0.1, 0.15) is 39.5 Å². The van der Waals surface area contributed by atoms with E-state index in [-0.39, 0.29) is 11.9 Å². The molecule has 1 aliphatic rings. The molecule has 0 aromatic carbocycles. The molecule has 3 atom stereocenters. The first-order valence-electron chi connectivity index (χ1n) is 5.81. The van der Waals surface area contributed by atoms with Gasteiger partial charge < -0.3 is 11.1 Å². The third-order valence-corrected chi connectivity index (χ3v) is 4.02. The maximum absolute atomic E-state index is 11.4. The van der Waals surface area contributed by atoms with Crippen LogP contribution in [-0.4, -0.2) is 29.0 Å². The Morgan fingerprint density at radius 3 is 2.93 bits per heavy atom. The molecule has 1 rings (SSSR count). The van der Waals surface area contributed by atoms with Crippen LogP contribution < -0.4 is 11.1 Å². The number of hydrogen-bond donors (Lipinski definition) is 2. The topological polar surface area (TPSA) is 55.1 Å². The Hall–Kier alpha value is -0.220. The van der Waals surface area contributed by atoms with Crippen molar-refractivity contribution in [3.8, 4) is 0 Å². The first-order valence-corrected chi connectivity index (χ1v) is 6.86. The number of nitrogens with one attached hydrogen (secondary N) is 1. The summed E-state index contributed by atoms with van der Waals surface area (Å²) in [5, 5.41) is 3.75. The van der Waals surface area contributed by atoms with E-state index in [1.165, 1.54) is 18.6 Å². The van der Waals surface area contributed by atoms with Crippen molar-refractivity contribution in [2.45, 2.75) is 56.9 Å². The fourth-order valence-electron chi connectivity index (χ4n) is 2.00. The van der Waals surface area contributed by atoms with E-state index < -0.39 is 0 Å². The van der Waals surface area contributed by atoms with Crippen LogP contribution in [0.15, 0.2) is 0 Å². The predicted molar refractivity (Wildman–Crippen MR) is 66.0 cm³/mol. The van der Waals surface area contributed by atoms with E-state index >= 15 is 0 Å². The fraction of sp³-hybridized carbons (Fsp3) is 0.909. The highest BCUT2D eigenvalue weighted by atomic mass is 32.2. The molecular formula is C11H22N2OS. The van der Waals surface area contributed by atoms with Gasteiger partial charge in [0.1, 0.15) is 0 Å². The van der Waals surface area contributed by atoms with Gasteiger partial charge in [0, 0.05) is 11.3 Å². The van der Waals surface area contributed by atoms with E-state index in [9.17, 15) is 4.79 Å². The molecule has 0 spiro atoms. The molecule has 3 N–H and O–H groups in total. The molecule has 0 aromatic heterocycles. The predicted octanol–water partition coefficient (Wildman–Crippen LogP) is 1.51. The lowest BCUT2D eigenvalue weighted by molar-refractivity contribution is -0.122. The molecule has 1 amide bonds. The quantitative estimate of drug-likeness (QED) is 0.770. The summed E-state index contributed by atoms with van der Waals surface area (Å²) in [5.41, 5.74) is 5.53. The summed E-state index contributed by atoms with van der Waals surface area (Å²) in [6.07, 6.45) is 4.74. The Kier molecular flexibility index (Phi) is 5.47. The van der Waals surface area contributed by atoms with Crippen LogP contribution in [0, 0.1) is 0 Å². The van der Waals surface area contributed by atoms with Gasteiger partial charge in [-0.1, -0.05) is 13.3 Å². The largest absolute Gasteiger partial charge is 0.352 e. The molecule has 0 bridgehead atoms. The smallest absolute Gasteiger partial charge is 0.236 e. The number of hydrogen-bond acceptors (Lipinski definition) is 3. The summed E-state index contributed by atoms with van der Waals surface area (Å²) in [7, 11) is 0. The summed E-state index contributed by atoms with van der Waals surface area (Å²) in [5.74, 6) is 1.15. The second kappa shape index (κ2) is 6.38. The zero-order valence-corrected chi connectivity index (χ0v) is 10.5. The van der Waals surface area contributed by atoms with Crippen LogP contribution in [0.4, 0.5) is 0 Å². The second-order valence-electron chi connectivity index (χ2n) is 4.24. The molecule has 3 nitrogen and oxygen atoms in total. The average molecular weight is 230 g/mol. The van der Waals surface area contributed by atoms with Gasteiger partial charge in [-0.3, -0.25) is 4.79 Å². The number of carbonyl (C=O) groups excluding carboxylic acids is 1. The van der Waals surface area contributed by atoms with E-state index in [4.69, 9.17) is 5.73 Å². The van der Waals surface area contributed by atoms with Crippen molar-refractivity contribution >= 4 is 17.7 Å². The minimum absolute atomic E-state index is 0.0119. The fourth-order valence-corrected chi connectivity index (χ4v) is 3.17. The maximum Gasteiger partial charge on any atom is 0.236 e. The Morgan fingerprint density at radius 2 is 2.33 bits per heavy atom. The number of carbonyl (C=O) groups is 1. The Morgan fingerprint density at radius 1 is 1.60 bits per heavy atom. The highest BCUT2D eigenvalue weighted by Crippen LogP contribution is 2.28. The minimum Gasteiger partial charge on any atom is -0.352 e. The lowest BCUT2D eigenvalue weighted by Gasteiger charge is -2.29. The lowest BCUT2D eigenvalue weighted by Crippen LogP contribution is -2.45. The third kappa shape index (κ3) is 4.43. The average Bonchev–Trinajstić information content (AvgIpc) is 2.18. The highest BCUT2D eigenvalue weighted by Gasteiger charge is 2.23. The van der Waals surface area contributed by atoms with Crippen molar-refractivity contribution in [1.82, 2.24) is 5.32 Å². The highest BCUT2D eigenvalue weighted by molar-refractivity contribution is 7.99. The Bertz CT molecular complexity index is 207. The first-order chi connectivity index (χ1) is 7.13. The van der Waals surface area contributed by atoms with Gasteiger partial charge in [-0.25, -0.2) is 0 Å².